The quantitative estimate of drug-likeness (QED) is 0.626. The van der Waals surface area contributed by atoms with Crippen LogP contribution < -0.4 is 5.14 Å². The Hall–Kier alpha value is 0.310. The molecule has 1 fully saturated rings. The molecule has 60 valence electrons. The molecular weight excluding hydrogens is 142 g/mol. The van der Waals surface area contributed by atoms with Gasteiger partial charge in [-0.1, -0.05) is 31.7 Å². The maximum absolute atomic E-state index is 5.42. The molecule has 2 N–H and O–H groups in total. The second-order valence-corrected chi connectivity index (χ2v) is 4.14. The molecule has 0 heterocycles. The summed E-state index contributed by atoms with van der Waals surface area (Å²) in [6.07, 6.45) is 5.68. The number of hydrogen-bond acceptors (Lipinski definition) is 2. The molecule has 2 atom stereocenters. The third-order valence-electron chi connectivity index (χ3n) is 2.38. The van der Waals surface area contributed by atoms with Crippen LogP contribution >= 0.6 is 11.9 Å². The molecule has 0 bridgehead atoms. The summed E-state index contributed by atoms with van der Waals surface area (Å²) in [6.45, 7) is 2.35. The van der Waals surface area contributed by atoms with E-state index in [4.69, 9.17) is 5.14 Å². The van der Waals surface area contributed by atoms with Crippen molar-refractivity contribution in [3.63, 3.8) is 0 Å². The van der Waals surface area contributed by atoms with Gasteiger partial charge >= 0.3 is 0 Å². The van der Waals surface area contributed by atoms with E-state index in [9.17, 15) is 0 Å². The summed E-state index contributed by atoms with van der Waals surface area (Å²) in [7, 11) is 0. The molecule has 10 heavy (non-hydrogen) atoms. The highest BCUT2D eigenvalue weighted by Gasteiger charge is 2.17. The maximum atomic E-state index is 5.42. The van der Waals surface area contributed by atoms with Crippen molar-refractivity contribution in [3.05, 3.63) is 0 Å². The summed E-state index contributed by atoms with van der Waals surface area (Å²) in [5.41, 5.74) is 0. The average molecular weight is 159 g/mol. The maximum Gasteiger partial charge on any atom is 0.0105 e. The van der Waals surface area contributed by atoms with Crippen LogP contribution in [0.5, 0.6) is 0 Å². The molecule has 0 saturated heterocycles. The molecule has 0 spiro atoms. The van der Waals surface area contributed by atoms with Gasteiger partial charge in [-0.25, -0.2) is 0 Å². The predicted octanol–water partition coefficient (Wildman–Crippen LogP) is 2.42. The zero-order valence-electron chi connectivity index (χ0n) is 6.68. The third-order valence-corrected chi connectivity index (χ3v) is 3.04. The second-order valence-electron chi connectivity index (χ2n) is 3.47. The minimum absolute atomic E-state index is 0.916. The fraction of sp³-hybridized carbons (Fsp3) is 1.00. The molecule has 0 aromatic carbocycles. The first kappa shape index (κ1) is 8.41. The number of hydrogen-bond donors (Lipinski definition) is 1. The van der Waals surface area contributed by atoms with Crippen LogP contribution in [0.15, 0.2) is 0 Å². The van der Waals surface area contributed by atoms with Gasteiger partial charge in [0.05, 0.1) is 0 Å². The van der Waals surface area contributed by atoms with Crippen LogP contribution in [-0.2, 0) is 0 Å². The Morgan fingerprint density at radius 1 is 1.50 bits per heavy atom. The fourth-order valence-electron chi connectivity index (χ4n) is 1.85. The molecule has 0 aromatic heterocycles. The predicted molar refractivity (Wildman–Crippen MR) is 47.8 cm³/mol. The van der Waals surface area contributed by atoms with Gasteiger partial charge in [0.15, 0.2) is 0 Å². The van der Waals surface area contributed by atoms with E-state index in [1.54, 1.807) is 0 Å². The average Bonchev–Trinajstić information content (AvgIpc) is 1.88. The third kappa shape index (κ3) is 2.51. The van der Waals surface area contributed by atoms with Crippen LogP contribution in [0.1, 0.15) is 32.6 Å². The van der Waals surface area contributed by atoms with Gasteiger partial charge in [-0.2, -0.15) is 0 Å². The van der Waals surface area contributed by atoms with Crippen LogP contribution in [0.4, 0.5) is 0 Å². The highest BCUT2D eigenvalue weighted by molar-refractivity contribution is 7.97. The first-order chi connectivity index (χ1) is 4.83. The van der Waals surface area contributed by atoms with Crippen molar-refractivity contribution in [2.24, 2.45) is 17.0 Å². The van der Waals surface area contributed by atoms with Crippen LogP contribution in [0.3, 0.4) is 0 Å². The summed E-state index contributed by atoms with van der Waals surface area (Å²) >= 11 is 1.51. The Bertz CT molecular complexity index is 93.3. The van der Waals surface area contributed by atoms with E-state index in [0.29, 0.717) is 0 Å². The van der Waals surface area contributed by atoms with Crippen molar-refractivity contribution >= 4 is 11.9 Å². The second kappa shape index (κ2) is 4.24. The molecule has 0 amide bonds. The first-order valence-corrected chi connectivity index (χ1v) is 5.19. The van der Waals surface area contributed by atoms with Gasteiger partial charge in [-0.3, -0.25) is 5.14 Å². The SMILES string of the molecule is C[C@H]1CCCC(CSN)C1. The van der Waals surface area contributed by atoms with E-state index in [2.05, 4.69) is 6.92 Å². The minimum Gasteiger partial charge on any atom is -0.278 e. The van der Waals surface area contributed by atoms with Gasteiger partial charge in [0.2, 0.25) is 0 Å². The summed E-state index contributed by atoms with van der Waals surface area (Å²) in [5.74, 6) is 3.04. The molecule has 0 aliphatic heterocycles. The van der Waals surface area contributed by atoms with Gasteiger partial charge in [0.1, 0.15) is 0 Å². The van der Waals surface area contributed by atoms with Crippen LogP contribution in [-0.4, -0.2) is 5.75 Å². The van der Waals surface area contributed by atoms with Crippen molar-refractivity contribution in [1.29, 1.82) is 0 Å². The monoisotopic (exact) mass is 159 g/mol. The van der Waals surface area contributed by atoms with E-state index >= 15 is 0 Å². The topological polar surface area (TPSA) is 26.0 Å². The summed E-state index contributed by atoms with van der Waals surface area (Å²) in [6, 6.07) is 0. The van der Waals surface area contributed by atoms with Gasteiger partial charge in [0, 0.05) is 5.75 Å². The molecule has 0 radical (unpaired) electrons. The Balaban J connectivity index is 2.18. The van der Waals surface area contributed by atoms with E-state index < -0.39 is 0 Å². The standard InChI is InChI=1S/C8H17NS/c1-7-3-2-4-8(5-7)6-10-9/h7-8H,2-6,9H2,1H3/t7-,8?/m0/s1. The van der Waals surface area contributed by atoms with Crippen molar-refractivity contribution in [2.75, 3.05) is 5.75 Å². The normalized spacial score (nSPS) is 34.2. The first-order valence-electron chi connectivity index (χ1n) is 4.14. The summed E-state index contributed by atoms with van der Waals surface area (Å²) in [4.78, 5) is 0. The van der Waals surface area contributed by atoms with Crippen molar-refractivity contribution in [1.82, 2.24) is 0 Å². The summed E-state index contributed by atoms with van der Waals surface area (Å²) < 4.78 is 0. The Kier molecular flexibility index (Phi) is 3.57. The highest BCUT2D eigenvalue weighted by Crippen LogP contribution is 2.29. The Morgan fingerprint density at radius 2 is 2.30 bits per heavy atom. The van der Waals surface area contributed by atoms with E-state index in [0.717, 1.165) is 11.8 Å². The van der Waals surface area contributed by atoms with Crippen LogP contribution in [0.2, 0.25) is 0 Å². The molecule has 1 nitrogen and oxygen atoms in total. The van der Waals surface area contributed by atoms with Gasteiger partial charge in [-0.15, -0.1) is 0 Å². The lowest BCUT2D eigenvalue weighted by Gasteiger charge is -2.25. The molecule has 1 saturated carbocycles. The van der Waals surface area contributed by atoms with Crippen molar-refractivity contribution in [2.45, 2.75) is 32.6 Å². The molecule has 1 unspecified atom stereocenters. The molecule has 1 aliphatic rings. The number of nitrogens with two attached hydrogens (primary N) is 1. The van der Waals surface area contributed by atoms with Crippen molar-refractivity contribution < 1.29 is 0 Å². The summed E-state index contributed by atoms with van der Waals surface area (Å²) in [5, 5.41) is 5.42. The highest BCUT2D eigenvalue weighted by atomic mass is 32.2. The smallest absolute Gasteiger partial charge is 0.0105 e. The molecule has 0 aromatic rings. The van der Waals surface area contributed by atoms with E-state index in [-0.39, 0.29) is 0 Å². The van der Waals surface area contributed by atoms with Crippen LogP contribution in [0.25, 0.3) is 0 Å². The zero-order valence-corrected chi connectivity index (χ0v) is 7.49. The van der Waals surface area contributed by atoms with Crippen molar-refractivity contribution in [3.8, 4) is 0 Å². The molecule has 1 rings (SSSR count). The van der Waals surface area contributed by atoms with E-state index in [1.807, 2.05) is 0 Å². The van der Waals surface area contributed by atoms with Gasteiger partial charge in [-0.05, 0) is 24.7 Å². The Morgan fingerprint density at radius 3 is 2.90 bits per heavy atom. The van der Waals surface area contributed by atoms with Gasteiger partial charge < -0.3 is 0 Å². The van der Waals surface area contributed by atoms with E-state index in [1.165, 1.54) is 43.4 Å². The van der Waals surface area contributed by atoms with Crippen LogP contribution in [0, 0.1) is 11.8 Å². The zero-order chi connectivity index (χ0) is 7.40. The molecule has 2 heteroatoms. The lowest BCUT2D eigenvalue weighted by molar-refractivity contribution is 0.305. The molecular formula is C8H17NS. The Labute approximate surface area is 67.9 Å². The minimum atomic E-state index is 0.916. The number of rotatable bonds is 2. The lowest BCUT2D eigenvalue weighted by atomic mass is 9.84. The molecule has 1 aliphatic carbocycles. The van der Waals surface area contributed by atoms with Gasteiger partial charge in [0.25, 0.3) is 0 Å². The lowest BCUT2D eigenvalue weighted by Crippen LogP contribution is -2.15. The largest absolute Gasteiger partial charge is 0.278 e. The fourth-order valence-corrected chi connectivity index (χ4v) is 2.42.